The Balaban J connectivity index is 2.09. The molecule has 0 amide bonds. The van der Waals surface area contributed by atoms with Crippen LogP contribution in [0.5, 0.6) is 0 Å². The van der Waals surface area contributed by atoms with Crippen molar-refractivity contribution in [3.63, 3.8) is 0 Å². The van der Waals surface area contributed by atoms with Crippen LogP contribution in [0.3, 0.4) is 0 Å². The zero-order chi connectivity index (χ0) is 18.9. The van der Waals surface area contributed by atoms with Crippen molar-refractivity contribution in [2.75, 3.05) is 0 Å². The van der Waals surface area contributed by atoms with Gasteiger partial charge in [0, 0.05) is 0 Å². The van der Waals surface area contributed by atoms with Gasteiger partial charge >= 0.3 is 0 Å². The SMILES string of the molecule is CC(C)C1CC(CC2CC(C(C)(C)C)C(O)CC2C)C(C)CCC1O. The molecule has 0 saturated heterocycles. The van der Waals surface area contributed by atoms with Gasteiger partial charge in [-0.1, -0.05) is 48.5 Å². The highest BCUT2D eigenvalue weighted by molar-refractivity contribution is 4.92. The molecule has 0 radical (unpaired) electrons. The van der Waals surface area contributed by atoms with E-state index < -0.39 is 0 Å². The molecule has 8 unspecified atom stereocenters. The van der Waals surface area contributed by atoms with E-state index >= 15 is 0 Å². The summed E-state index contributed by atoms with van der Waals surface area (Å²) >= 11 is 0. The molecule has 0 aromatic heterocycles. The second kappa shape index (κ2) is 8.30. The van der Waals surface area contributed by atoms with Crippen LogP contribution in [-0.4, -0.2) is 22.4 Å². The number of hydrogen-bond acceptors (Lipinski definition) is 2. The van der Waals surface area contributed by atoms with Gasteiger partial charge in [0.25, 0.3) is 0 Å². The summed E-state index contributed by atoms with van der Waals surface area (Å²) in [7, 11) is 0. The summed E-state index contributed by atoms with van der Waals surface area (Å²) < 4.78 is 0. The summed E-state index contributed by atoms with van der Waals surface area (Å²) in [5, 5.41) is 21.2. The van der Waals surface area contributed by atoms with Gasteiger partial charge in [-0.3, -0.25) is 0 Å². The van der Waals surface area contributed by atoms with Crippen LogP contribution < -0.4 is 0 Å². The highest BCUT2D eigenvalue weighted by Gasteiger charge is 2.42. The van der Waals surface area contributed by atoms with Gasteiger partial charge < -0.3 is 10.2 Å². The van der Waals surface area contributed by atoms with Crippen LogP contribution in [0.2, 0.25) is 0 Å². The van der Waals surface area contributed by atoms with Crippen LogP contribution >= 0.6 is 0 Å². The minimum Gasteiger partial charge on any atom is -0.393 e. The van der Waals surface area contributed by atoms with E-state index in [0.29, 0.717) is 29.6 Å². The summed E-state index contributed by atoms with van der Waals surface area (Å²) in [5.74, 6) is 4.22. The maximum atomic E-state index is 10.6. The molecule has 0 bridgehead atoms. The molecule has 2 nitrogen and oxygen atoms in total. The van der Waals surface area contributed by atoms with Crippen molar-refractivity contribution >= 4 is 0 Å². The first-order chi connectivity index (χ1) is 11.5. The van der Waals surface area contributed by atoms with Gasteiger partial charge in [0.1, 0.15) is 0 Å². The van der Waals surface area contributed by atoms with Crippen LogP contribution in [0.25, 0.3) is 0 Å². The first-order valence-electron chi connectivity index (χ1n) is 10.9. The molecule has 2 aliphatic carbocycles. The Hall–Kier alpha value is -0.0800. The van der Waals surface area contributed by atoms with E-state index in [4.69, 9.17) is 0 Å². The van der Waals surface area contributed by atoms with Crippen LogP contribution in [0.15, 0.2) is 0 Å². The quantitative estimate of drug-likeness (QED) is 0.657. The second-order valence-electron chi connectivity index (χ2n) is 11.0. The summed E-state index contributed by atoms with van der Waals surface area (Å²) in [6, 6.07) is 0. The monoisotopic (exact) mass is 352 g/mol. The molecule has 8 atom stereocenters. The average molecular weight is 353 g/mol. The Morgan fingerprint density at radius 2 is 1.44 bits per heavy atom. The number of rotatable bonds is 3. The van der Waals surface area contributed by atoms with Crippen molar-refractivity contribution in [2.45, 2.75) is 99.2 Å². The highest BCUT2D eigenvalue weighted by Crippen LogP contribution is 2.47. The molecule has 2 saturated carbocycles. The molecule has 0 heterocycles. The van der Waals surface area contributed by atoms with Gasteiger partial charge in [-0.05, 0) is 85.4 Å². The Kier molecular flexibility index (Phi) is 7.04. The summed E-state index contributed by atoms with van der Waals surface area (Å²) in [4.78, 5) is 0. The van der Waals surface area contributed by atoms with Crippen LogP contribution in [0.1, 0.15) is 87.0 Å². The van der Waals surface area contributed by atoms with Crippen LogP contribution in [0, 0.1) is 46.8 Å². The molecule has 2 aliphatic rings. The molecular formula is C23H44O2. The van der Waals surface area contributed by atoms with Crippen molar-refractivity contribution in [3.05, 3.63) is 0 Å². The average Bonchev–Trinajstić information content (AvgIpc) is 2.61. The van der Waals surface area contributed by atoms with Gasteiger partial charge in [0.2, 0.25) is 0 Å². The number of hydrogen-bond donors (Lipinski definition) is 2. The van der Waals surface area contributed by atoms with Crippen molar-refractivity contribution in [2.24, 2.45) is 46.8 Å². The maximum Gasteiger partial charge on any atom is 0.0576 e. The smallest absolute Gasteiger partial charge is 0.0576 e. The van der Waals surface area contributed by atoms with E-state index in [2.05, 4.69) is 48.5 Å². The third-order valence-corrected chi connectivity index (χ3v) is 7.80. The predicted octanol–water partition coefficient (Wildman–Crippen LogP) is 5.52. The topological polar surface area (TPSA) is 40.5 Å². The lowest BCUT2D eigenvalue weighted by Crippen LogP contribution is -2.41. The van der Waals surface area contributed by atoms with Gasteiger partial charge in [-0.15, -0.1) is 0 Å². The molecule has 0 spiro atoms. The molecule has 2 heteroatoms. The van der Waals surface area contributed by atoms with Crippen molar-refractivity contribution in [1.29, 1.82) is 0 Å². The molecular weight excluding hydrogens is 308 g/mol. The fourth-order valence-corrected chi connectivity index (χ4v) is 5.77. The normalized spacial score (nSPS) is 43.9. The lowest BCUT2D eigenvalue weighted by atomic mass is 9.62. The minimum absolute atomic E-state index is 0.111. The maximum absolute atomic E-state index is 10.6. The molecule has 0 aliphatic heterocycles. The first kappa shape index (κ1) is 21.2. The standard InChI is InChI=1S/C23H44O2/c1-14(2)19-12-17(15(3)8-9-21(19)24)11-18-13-20(23(5,6)7)22(25)10-16(18)4/h14-22,24-25H,8-13H2,1-7H3. The van der Waals surface area contributed by atoms with Crippen molar-refractivity contribution < 1.29 is 10.2 Å². The Bertz CT molecular complexity index is 411. The van der Waals surface area contributed by atoms with Crippen LogP contribution in [0.4, 0.5) is 0 Å². The summed E-state index contributed by atoms with van der Waals surface area (Å²) in [5.41, 5.74) is 0.184. The van der Waals surface area contributed by atoms with Crippen LogP contribution in [-0.2, 0) is 0 Å². The molecule has 2 N–H and O–H groups in total. The van der Waals surface area contributed by atoms with Gasteiger partial charge in [-0.25, -0.2) is 0 Å². The predicted molar refractivity (Wildman–Crippen MR) is 106 cm³/mol. The zero-order valence-electron chi connectivity index (χ0n) is 17.8. The van der Waals surface area contributed by atoms with E-state index in [-0.39, 0.29) is 17.6 Å². The van der Waals surface area contributed by atoms with Gasteiger partial charge in [0.15, 0.2) is 0 Å². The third kappa shape index (κ3) is 5.22. The molecule has 148 valence electrons. The fraction of sp³-hybridized carbons (Fsp3) is 1.00. The van der Waals surface area contributed by atoms with E-state index in [0.717, 1.165) is 24.7 Å². The largest absolute Gasteiger partial charge is 0.393 e. The number of aliphatic hydroxyl groups excluding tert-OH is 2. The van der Waals surface area contributed by atoms with E-state index in [1.807, 2.05) is 0 Å². The number of aliphatic hydroxyl groups is 2. The molecule has 0 aromatic rings. The first-order valence-corrected chi connectivity index (χ1v) is 10.9. The van der Waals surface area contributed by atoms with Gasteiger partial charge in [-0.2, -0.15) is 0 Å². The lowest BCUT2D eigenvalue weighted by Gasteiger charge is -2.45. The Labute approximate surface area is 156 Å². The van der Waals surface area contributed by atoms with Crippen molar-refractivity contribution in [3.8, 4) is 0 Å². The zero-order valence-corrected chi connectivity index (χ0v) is 17.8. The summed E-state index contributed by atoms with van der Waals surface area (Å²) in [6.45, 7) is 16.2. The van der Waals surface area contributed by atoms with E-state index in [1.165, 1.54) is 25.7 Å². The molecule has 25 heavy (non-hydrogen) atoms. The highest BCUT2D eigenvalue weighted by atomic mass is 16.3. The van der Waals surface area contributed by atoms with E-state index in [9.17, 15) is 10.2 Å². The molecule has 2 fully saturated rings. The fourth-order valence-electron chi connectivity index (χ4n) is 5.77. The third-order valence-electron chi connectivity index (χ3n) is 7.80. The minimum atomic E-state index is -0.136. The second-order valence-corrected chi connectivity index (χ2v) is 11.0. The Morgan fingerprint density at radius 1 is 0.840 bits per heavy atom. The molecule has 2 rings (SSSR count). The lowest BCUT2D eigenvalue weighted by molar-refractivity contribution is -0.0370. The Morgan fingerprint density at radius 3 is 2.00 bits per heavy atom. The molecule has 0 aromatic carbocycles. The van der Waals surface area contributed by atoms with Crippen molar-refractivity contribution in [1.82, 2.24) is 0 Å². The van der Waals surface area contributed by atoms with Gasteiger partial charge in [0.05, 0.1) is 12.2 Å². The van der Waals surface area contributed by atoms with E-state index in [1.54, 1.807) is 0 Å². The summed E-state index contributed by atoms with van der Waals surface area (Å²) in [6.07, 6.45) is 6.51.